The Morgan fingerprint density at radius 3 is 2.42 bits per heavy atom. The van der Waals surface area contributed by atoms with Gasteiger partial charge < -0.3 is 15.7 Å². The third-order valence-electron chi connectivity index (χ3n) is 3.76. The van der Waals surface area contributed by atoms with Crippen molar-refractivity contribution in [3.63, 3.8) is 0 Å². The molecular weight excluding hydrogens is 375 g/mol. The quantitative estimate of drug-likeness (QED) is 0.576. The topological polar surface area (TPSA) is 78.4 Å². The highest BCUT2D eigenvalue weighted by Gasteiger charge is 2.14. The molecule has 2 amide bonds. The van der Waals surface area contributed by atoms with Crippen molar-refractivity contribution < 1.29 is 14.7 Å². The summed E-state index contributed by atoms with van der Waals surface area (Å²) in [5.41, 5.74) is 1.26. The molecule has 3 rings (SSSR count). The third-order valence-corrected chi connectivity index (χ3v) is 4.27. The van der Waals surface area contributed by atoms with Gasteiger partial charge in [-0.25, -0.2) is 9.59 Å². The number of fused-ring (bicyclic) bond motifs is 1. The molecule has 0 saturated heterocycles. The summed E-state index contributed by atoms with van der Waals surface area (Å²) >= 11 is 12.3. The van der Waals surface area contributed by atoms with Crippen molar-refractivity contribution in [1.82, 2.24) is 5.32 Å². The van der Waals surface area contributed by atoms with Gasteiger partial charge in [0.05, 0.1) is 16.3 Å². The molecule has 0 aliphatic carbocycles. The zero-order chi connectivity index (χ0) is 18.7. The van der Waals surface area contributed by atoms with Crippen LogP contribution in [0.25, 0.3) is 10.8 Å². The molecule has 0 heterocycles. The first-order chi connectivity index (χ1) is 12.4. The van der Waals surface area contributed by atoms with Crippen molar-refractivity contribution in [2.45, 2.75) is 6.54 Å². The second kappa shape index (κ2) is 7.64. The van der Waals surface area contributed by atoms with E-state index in [9.17, 15) is 14.7 Å². The maximum Gasteiger partial charge on any atom is 0.335 e. The molecule has 0 bridgehead atoms. The number of carbonyl (C=O) groups is 2. The van der Waals surface area contributed by atoms with E-state index in [-0.39, 0.29) is 5.56 Å². The maximum absolute atomic E-state index is 12.3. The van der Waals surface area contributed by atoms with Gasteiger partial charge in [-0.3, -0.25) is 0 Å². The van der Waals surface area contributed by atoms with Crippen LogP contribution in [0.5, 0.6) is 0 Å². The molecule has 132 valence electrons. The zero-order valence-corrected chi connectivity index (χ0v) is 14.9. The minimum atomic E-state index is -1.12. The van der Waals surface area contributed by atoms with Gasteiger partial charge >= 0.3 is 12.0 Å². The summed E-state index contributed by atoms with van der Waals surface area (Å²) in [4.78, 5) is 23.6. The van der Waals surface area contributed by atoms with Crippen LogP contribution in [-0.2, 0) is 6.54 Å². The van der Waals surface area contributed by atoms with Gasteiger partial charge in [-0.1, -0.05) is 53.5 Å². The lowest BCUT2D eigenvalue weighted by Crippen LogP contribution is -2.28. The van der Waals surface area contributed by atoms with E-state index in [4.69, 9.17) is 23.2 Å². The fourth-order valence-corrected chi connectivity index (χ4v) is 3.21. The van der Waals surface area contributed by atoms with Crippen molar-refractivity contribution >= 4 is 51.7 Å². The van der Waals surface area contributed by atoms with Crippen LogP contribution < -0.4 is 10.6 Å². The van der Waals surface area contributed by atoms with Crippen molar-refractivity contribution in [1.29, 1.82) is 0 Å². The van der Waals surface area contributed by atoms with Gasteiger partial charge in [0.1, 0.15) is 0 Å². The number of nitrogens with one attached hydrogen (secondary N) is 2. The van der Waals surface area contributed by atoms with Crippen LogP contribution in [-0.4, -0.2) is 17.1 Å². The predicted octanol–water partition coefficient (Wildman–Crippen LogP) is 5.17. The normalized spacial score (nSPS) is 10.5. The molecule has 0 atom stereocenters. The van der Waals surface area contributed by atoms with Crippen molar-refractivity contribution in [3.05, 3.63) is 75.8 Å². The summed E-state index contributed by atoms with van der Waals surface area (Å²) in [6.45, 7) is 0.336. The summed E-state index contributed by atoms with van der Waals surface area (Å²) in [6, 6.07) is 14.9. The fraction of sp³-hybridized carbons (Fsp3) is 0.0526. The van der Waals surface area contributed by atoms with Crippen molar-refractivity contribution in [2.24, 2.45) is 0 Å². The molecular formula is C19H14Cl2N2O3. The molecule has 0 radical (unpaired) electrons. The second-order valence-electron chi connectivity index (χ2n) is 5.61. The zero-order valence-electron chi connectivity index (χ0n) is 13.4. The minimum absolute atomic E-state index is 0.0224. The van der Waals surface area contributed by atoms with Gasteiger partial charge in [0.25, 0.3) is 0 Å². The lowest BCUT2D eigenvalue weighted by Gasteiger charge is -2.13. The average molecular weight is 389 g/mol. The molecule has 0 unspecified atom stereocenters. The summed E-state index contributed by atoms with van der Waals surface area (Å²) < 4.78 is 0. The Labute approximate surface area is 159 Å². The van der Waals surface area contributed by atoms with E-state index in [0.717, 1.165) is 5.56 Å². The first kappa shape index (κ1) is 18.0. The average Bonchev–Trinajstić information content (AvgIpc) is 2.60. The second-order valence-corrected chi connectivity index (χ2v) is 6.45. The fourth-order valence-electron chi connectivity index (χ4n) is 2.60. The first-order valence-corrected chi connectivity index (χ1v) is 8.44. The molecule has 0 aliphatic heterocycles. The van der Waals surface area contributed by atoms with E-state index < -0.39 is 12.0 Å². The number of halogens is 2. The highest BCUT2D eigenvalue weighted by Crippen LogP contribution is 2.34. The van der Waals surface area contributed by atoms with Crippen LogP contribution in [0.15, 0.2) is 54.6 Å². The van der Waals surface area contributed by atoms with E-state index in [1.165, 1.54) is 12.1 Å². The Bertz CT molecular complexity index is 991. The largest absolute Gasteiger partial charge is 0.478 e. The van der Waals surface area contributed by atoms with E-state index in [1.54, 1.807) is 12.1 Å². The number of carboxylic acids is 1. The lowest BCUT2D eigenvalue weighted by atomic mass is 10.0. The summed E-state index contributed by atoms with van der Waals surface area (Å²) in [5.74, 6) is -1.12. The maximum atomic E-state index is 12.3. The summed E-state index contributed by atoms with van der Waals surface area (Å²) in [7, 11) is 0. The van der Waals surface area contributed by atoms with E-state index in [0.29, 0.717) is 33.0 Å². The van der Waals surface area contributed by atoms with Crippen LogP contribution in [0.1, 0.15) is 15.9 Å². The van der Waals surface area contributed by atoms with Crippen LogP contribution >= 0.6 is 23.2 Å². The van der Waals surface area contributed by atoms with Gasteiger partial charge in [0.15, 0.2) is 0 Å². The molecule has 3 aromatic rings. The predicted molar refractivity (Wildman–Crippen MR) is 103 cm³/mol. The first-order valence-electron chi connectivity index (χ1n) is 7.69. The van der Waals surface area contributed by atoms with Gasteiger partial charge in [0.2, 0.25) is 0 Å². The molecule has 0 saturated carbocycles. The number of amides is 2. The standard InChI is InChI=1S/C19H14Cl2N2O3/c20-14-7-12-6-13(18(24)25)8-16(17(12)15(21)9-14)23-19(26)22-10-11-4-2-1-3-5-11/h1-9H,10H2,(H,24,25)(H2,22,23,26). The minimum Gasteiger partial charge on any atom is -0.478 e. The summed E-state index contributed by atoms with van der Waals surface area (Å²) in [6.07, 6.45) is 0. The van der Waals surface area contributed by atoms with Gasteiger partial charge in [0, 0.05) is 17.0 Å². The van der Waals surface area contributed by atoms with Crippen LogP contribution in [0.2, 0.25) is 10.0 Å². The number of aromatic carboxylic acids is 1. The third kappa shape index (κ3) is 4.07. The molecule has 7 heteroatoms. The van der Waals surface area contributed by atoms with Crippen LogP contribution in [0.4, 0.5) is 10.5 Å². The Kier molecular flexibility index (Phi) is 5.30. The SMILES string of the molecule is O=C(NCc1ccccc1)Nc1cc(C(=O)O)cc2cc(Cl)cc(Cl)c12. The number of hydrogen-bond acceptors (Lipinski definition) is 2. The number of carboxylic acid groups (broad SMARTS) is 1. The monoisotopic (exact) mass is 388 g/mol. The van der Waals surface area contributed by atoms with E-state index in [2.05, 4.69) is 10.6 Å². The molecule has 5 nitrogen and oxygen atoms in total. The number of benzene rings is 3. The molecule has 3 aromatic carbocycles. The molecule has 26 heavy (non-hydrogen) atoms. The molecule has 0 fully saturated rings. The molecule has 0 aliphatic rings. The summed E-state index contributed by atoms with van der Waals surface area (Å²) in [5, 5.41) is 16.4. The number of rotatable bonds is 4. The molecule has 0 aromatic heterocycles. The van der Waals surface area contributed by atoms with Crippen LogP contribution in [0, 0.1) is 0 Å². The van der Waals surface area contributed by atoms with E-state index in [1.807, 2.05) is 30.3 Å². The number of carbonyl (C=O) groups excluding carboxylic acids is 1. The number of urea groups is 1. The Hall–Kier alpha value is -2.76. The highest BCUT2D eigenvalue weighted by molar-refractivity contribution is 6.40. The number of anilines is 1. The smallest absolute Gasteiger partial charge is 0.335 e. The molecule has 3 N–H and O–H groups in total. The van der Waals surface area contributed by atoms with Gasteiger partial charge in [-0.05, 0) is 35.2 Å². The number of hydrogen-bond donors (Lipinski definition) is 3. The lowest BCUT2D eigenvalue weighted by molar-refractivity contribution is 0.0697. The van der Waals surface area contributed by atoms with Gasteiger partial charge in [-0.15, -0.1) is 0 Å². The van der Waals surface area contributed by atoms with Crippen LogP contribution in [0.3, 0.4) is 0 Å². The van der Waals surface area contributed by atoms with Gasteiger partial charge in [-0.2, -0.15) is 0 Å². The highest BCUT2D eigenvalue weighted by atomic mass is 35.5. The Balaban J connectivity index is 1.90. The van der Waals surface area contributed by atoms with E-state index >= 15 is 0 Å². The molecule has 0 spiro atoms. The van der Waals surface area contributed by atoms with Crippen molar-refractivity contribution in [2.75, 3.05) is 5.32 Å². The van der Waals surface area contributed by atoms with Crippen molar-refractivity contribution in [3.8, 4) is 0 Å². The Morgan fingerprint density at radius 2 is 1.73 bits per heavy atom. The Morgan fingerprint density at radius 1 is 1.00 bits per heavy atom.